The van der Waals surface area contributed by atoms with E-state index in [-0.39, 0.29) is 24.0 Å². The minimum absolute atomic E-state index is 0.0250. The lowest BCUT2D eigenvalue weighted by Gasteiger charge is -2.36. The van der Waals surface area contributed by atoms with Crippen molar-refractivity contribution in [2.24, 2.45) is 5.92 Å². The Kier molecular flexibility index (Phi) is 4.58. The second-order valence-electron chi connectivity index (χ2n) is 6.40. The van der Waals surface area contributed by atoms with Gasteiger partial charge in [0.2, 0.25) is 5.91 Å². The van der Waals surface area contributed by atoms with Crippen LogP contribution in [0.15, 0.2) is 17.8 Å². The molecule has 1 aromatic heterocycles. The highest BCUT2D eigenvalue weighted by atomic mass is 32.2. The van der Waals surface area contributed by atoms with Crippen LogP contribution in [0, 0.1) is 19.8 Å². The Balaban J connectivity index is 1.56. The Morgan fingerprint density at radius 3 is 2.54 bits per heavy atom. The Hall–Kier alpha value is -1.96. The van der Waals surface area contributed by atoms with Gasteiger partial charge in [0.1, 0.15) is 12.1 Å². The molecule has 0 aliphatic carbocycles. The lowest BCUT2D eigenvalue weighted by molar-refractivity contribution is -0.132. The van der Waals surface area contributed by atoms with Crippen molar-refractivity contribution in [1.29, 1.82) is 0 Å². The van der Waals surface area contributed by atoms with Crippen molar-refractivity contribution < 1.29 is 13.2 Å². The van der Waals surface area contributed by atoms with Gasteiger partial charge >= 0.3 is 0 Å². The van der Waals surface area contributed by atoms with Crippen LogP contribution in [0.4, 0.5) is 5.82 Å². The van der Waals surface area contributed by atoms with E-state index >= 15 is 0 Å². The molecule has 2 aliphatic rings. The normalized spacial score (nSPS) is 22.8. The lowest BCUT2D eigenvalue weighted by Crippen LogP contribution is -2.49. The first kappa shape index (κ1) is 16.9. The molecule has 0 spiro atoms. The minimum Gasteiger partial charge on any atom is -0.353 e. The van der Waals surface area contributed by atoms with Gasteiger partial charge in [-0.25, -0.2) is 18.4 Å². The van der Waals surface area contributed by atoms with E-state index in [2.05, 4.69) is 14.9 Å². The fourth-order valence-electron chi connectivity index (χ4n) is 3.13. The van der Waals surface area contributed by atoms with Gasteiger partial charge in [0.15, 0.2) is 9.84 Å². The first-order valence-corrected chi connectivity index (χ1v) is 9.79. The second-order valence-corrected chi connectivity index (χ2v) is 8.33. The predicted octanol–water partition coefficient (Wildman–Crippen LogP) is 0.690. The molecule has 0 radical (unpaired) electrons. The highest BCUT2D eigenvalue weighted by Gasteiger charge is 2.28. The maximum Gasteiger partial charge on any atom is 0.223 e. The summed E-state index contributed by atoms with van der Waals surface area (Å²) in [7, 11) is -3.10. The zero-order valence-corrected chi connectivity index (χ0v) is 14.8. The van der Waals surface area contributed by atoms with Gasteiger partial charge in [0, 0.05) is 55.2 Å². The number of carbonyl (C=O) groups excluding carboxylic acids is 1. The zero-order valence-electron chi connectivity index (χ0n) is 14.0. The monoisotopic (exact) mass is 350 g/mol. The van der Waals surface area contributed by atoms with Crippen LogP contribution in [0.25, 0.3) is 0 Å². The smallest absolute Gasteiger partial charge is 0.223 e. The standard InChI is InChI=1S/C16H22N4O3S/c1-12-13(2)17-11-18-16(12)20-6-4-19(5-7-20)15(21)9-14-3-8-24(22,23)10-14/h3,8,11,14H,4-7,9-10H2,1-2H3/t14-/m0/s1. The van der Waals surface area contributed by atoms with Crippen LogP contribution >= 0.6 is 0 Å². The van der Waals surface area contributed by atoms with Crippen LogP contribution < -0.4 is 4.90 Å². The molecule has 0 N–H and O–H groups in total. The molecule has 1 fully saturated rings. The number of piperazine rings is 1. The molecule has 24 heavy (non-hydrogen) atoms. The van der Waals surface area contributed by atoms with Crippen molar-refractivity contribution in [3.63, 3.8) is 0 Å². The van der Waals surface area contributed by atoms with Crippen LogP contribution in [0.2, 0.25) is 0 Å². The zero-order chi connectivity index (χ0) is 17.3. The summed E-state index contributed by atoms with van der Waals surface area (Å²) >= 11 is 0. The molecular formula is C16H22N4O3S. The summed E-state index contributed by atoms with van der Waals surface area (Å²) in [5.41, 5.74) is 2.03. The van der Waals surface area contributed by atoms with Gasteiger partial charge in [-0.1, -0.05) is 6.08 Å². The molecule has 0 bridgehead atoms. The van der Waals surface area contributed by atoms with Crippen molar-refractivity contribution in [1.82, 2.24) is 14.9 Å². The number of allylic oxidation sites excluding steroid dienone is 1. The molecule has 7 nitrogen and oxygen atoms in total. The van der Waals surface area contributed by atoms with Gasteiger partial charge in [0.05, 0.1) is 5.75 Å². The van der Waals surface area contributed by atoms with Crippen molar-refractivity contribution >= 4 is 21.6 Å². The Labute approximate surface area is 142 Å². The van der Waals surface area contributed by atoms with Crippen molar-refractivity contribution in [3.05, 3.63) is 29.1 Å². The van der Waals surface area contributed by atoms with E-state index in [1.807, 2.05) is 18.7 Å². The van der Waals surface area contributed by atoms with E-state index in [4.69, 9.17) is 0 Å². The summed E-state index contributed by atoms with van der Waals surface area (Å²) in [4.78, 5) is 24.9. The second kappa shape index (κ2) is 6.51. The van der Waals surface area contributed by atoms with Crippen LogP contribution in [0.1, 0.15) is 17.7 Å². The number of sulfone groups is 1. The SMILES string of the molecule is Cc1ncnc(N2CCN(C(=O)C[C@@H]3C=CS(=O)(=O)C3)CC2)c1C. The summed E-state index contributed by atoms with van der Waals surface area (Å²) in [5.74, 6) is 0.821. The Morgan fingerprint density at radius 2 is 1.92 bits per heavy atom. The molecule has 3 heterocycles. The van der Waals surface area contributed by atoms with Gasteiger partial charge < -0.3 is 9.80 Å². The van der Waals surface area contributed by atoms with Crippen LogP contribution in [-0.2, 0) is 14.6 Å². The third-order valence-corrected chi connectivity index (χ3v) is 6.15. The molecule has 130 valence electrons. The Bertz CT molecular complexity index is 768. The molecule has 0 aromatic carbocycles. The molecule has 0 saturated carbocycles. The van der Waals surface area contributed by atoms with E-state index in [1.54, 1.807) is 12.4 Å². The van der Waals surface area contributed by atoms with Crippen molar-refractivity contribution in [2.45, 2.75) is 20.3 Å². The largest absolute Gasteiger partial charge is 0.353 e. The number of carbonyl (C=O) groups is 1. The lowest BCUT2D eigenvalue weighted by atomic mass is 10.1. The van der Waals surface area contributed by atoms with Gasteiger partial charge in [-0.15, -0.1) is 0 Å². The highest BCUT2D eigenvalue weighted by molar-refractivity contribution is 7.94. The van der Waals surface area contributed by atoms with Gasteiger partial charge in [0.25, 0.3) is 0 Å². The number of rotatable bonds is 3. The fourth-order valence-corrected chi connectivity index (χ4v) is 4.53. The van der Waals surface area contributed by atoms with Crippen molar-refractivity contribution in [2.75, 3.05) is 36.8 Å². The molecule has 8 heteroatoms. The molecular weight excluding hydrogens is 328 g/mol. The van der Waals surface area contributed by atoms with Crippen LogP contribution in [0.3, 0.4) is 0 Å². The average molecular weight is 350 g/mol. The number of aromatic nitrogens is 2. The highest BCUT2D eigenvalue weighted by Crippen LogP contribution is 2.22. The molecule has 1 amide bonds. The number of hydrogen-bond acceptors (Lipinski definition) is 6. The topological polar surface area (TPSA) is 83.5 Å². The predicted molar refractivity (Wildman–Crippen MR) is 91.3 cm³/mol. The number of anilines is 1. The maximum absolute atomic E-state index is 12.4. The molecule has 1 aromatic rings. The summed E-state index contributed by atoms with van der Waals surface area (Å²) < 4.78 is 22.9. The summed E-state index contributed by atoms with van der Waals surface area (Å²) in [6.45, 7) is 6.68. The van der Waals surface area contributed by atoms with E-state index in [0.717, 1.165) is 30.2 Å². The maximum atomic E-state index is 12.4. The molecule has 0 unspecified atom stereocenters. The van der Waals surface area contributed by atoms with Gasteiger partial charge in [-0.2, -0.15) is 0 Å². The Morgan fingerprint density at radius 1 is 1.21 bits per heavy atom. The first-order valence-electron chi connectivity index (χ1n) is 8.07. The van der Waals surface area contributed by atoms with E-state index in [9.17, 15) is 13.2 Å². The van der Waals surface area contributed by atoms with E-state index in [0.29, 0.717) is 13.1 Å². The van der Waals surface area contributed by atoms with Crippen LogP contribution in [-0.4, -0.2) is 61.1 Å². The quantitative estimate of drug-likeness (QED) is 0.798. The van der Waals surface area contributed by atoms with E-state index in [1.165, 1.54) is 5.41 Å². The molecule has 3 rings (SSSR count). The number of aryl methyl sites for hydroxylation is 1. The number of amides is 1. The van der Waals surface area contributed by atoms with Crippen LogP contribution in [0.5, 0.6) is 0 Å². The van der Waals surface area contributed by atoms with E-state index < -0.39 is 9.84 Å². The number of nitrogens with zero attached hydrogens (tertiary/aromatic N) is 4. The molecule has 2 aliphatic heterocycles. The summed E-state index contributed by atoms with van der Waals surface area (Å²) in [6.07, 6.45) is 3.47. The summed E-state index contributed by atoms with van der Waals surface area (Å²) in [5, 5.41) is 1.23. The third kappa shape index (κ3) is 3.58. The van der Waals surface area contributed by atoms with Crippen molar-refractivity contribution in [3.8, 4) is 0 Å². The van der Waals surface area contributed by atoms with Gasteiger partial charge in [-0.05, 0) is 13.8 Å². The minimum atomic E-state index is -3.10. The molecule has 1 saturated heterocycles. The first-order chi connectivity index (χ1) is 11.4. The molecule has 1 atom stereocenters. The third-order valence-electron chi connectivity index (χ3n) is 4.68. The average Bonchev–Trinajstić information content (AvgIpc) is 2.89. The number of hydrogen-bond donors (Lipinski definition) is 0. The summed E-state index contributed by atoms with van der Waals surface area (Å²) in [6, 6.07) is 0. The van der Waals surface area contributed by atoms with Gasteiger partial charge in [-0.3, -0.25) is 4.79 Å². The fraction of sp³-hybridized carbons (Fsp3) is 0.562.